The molecule has 1 aliphatic heterocycles. The van der Waals surface area contributed by atoms with Gasteiger partial charge in [-0.25, -0.2) is 13.8 Å². The van der Waals surface area contributed by atoms with Gasteiger partial charge in [0, 0.05) is 19.2 Å². The van der Waals surface area contributed by atoms with Crippen LogP contribution in [0.3, 0.4) is 0 Å². The molecule has 214 valence electrons. The molecule has 0 saturated carbocycles. The van der Waals surface area contributed by atoms with Gasteiger partial charge in [-0.1, -0.05) is 0 Å². The van der Waals surface area contributed by atoms with Crippen molar-refractivity contribution in [1.82, 2.24) is 20.1 Å². The maximum Gasteiger partial charge on any atom is 0.304 e. The minimum absolute atomic E-state index is 0.00329. The first kappa shape index (κ1) is 29.3. The minimum Gasteiger partial charge on any atom is -0.496 e. The van der Waals surface area contributed by atoms with Crippen molar-refractivity contribution in [2.24, 2.45) is 5.41 Å². The molecular weight excluding hydrogens is 542 g/mol. The largest absolute Gasteiger partial charge is 0.496 e. The fourth-order valence-electron chi connectivity index (χ4n) is 4.85. The molecule has 40 heavy (non-hydrogen) atoms. The molecule has 5 rings (SSSR count). The molecule has 3 aromatic rings. The normalized spacial score (nSPS) is 15.2. The van der Waals surface area contributed by atoms with E-state index in [1.165, 1.54) is 18.4 Å². The third-order valence-corrected chi connectivity index (χ3v) is 7.82. The first-order valence-corrected chi connectivity index (χ1v) is 13.6. The second-order valence-corrected chi connectivity index (χ2v) is 11.7. The van der Waals surface area contributed by atoms with Gasteiger partial charge >= 0.3 is 5.97 Å². The Hall–Kier alpha value is -3.64. The molecule has 1 saturated heterocycles. The highest BCUT2D eigenvalue weighted by Crippen LogP contribution is 2.41. The molecule has 0 radical (unpaired) electrons. The van der Waals surface area contributed by atoms with Gasteiger partial charge in [0.2, 0.25) is 5.91 Å². The van der Waals surface area contributed by atoms with Crippen LogP contribution in [0, 0.1) is 17.0 Å². The van der Waals surface area contributed by atoms with Gasteiger partial charge in [0.05, 0.1) is 41.3 Å². The van der Waals surface area contributed by atoms with Crippen molar-refractivity contribution < 1.29 is 33.0 Å². The molecule has 9 nitrogen and oxygen atoms in total. The Morgan fingerprint density at radius 1 is 1.10 bits per heavy atom. The number of aliphatic carboxylic acids is 1. The first-order chi connectivity index (χ1) is 18.9. The SMILES string of the molecule is CN(C)C.COc1cc2sc(CNC(=O)C3(CC(=O)O)Cc4cc(F)c(F)cc4C3)nc2cc1C(=O)N1CCC1. The summed E-state index contributed by atoms with van der Waals surface area (Å²) in [6, 6.07) is 5.48. The number of hydrogen-bond acceptors (Lipinski definition) is 7. The second kappa shape index (κ2) is 11.8. The standard InChI is InChI=1S/C25H23F2N3O5S.C3H9N/c1-35-19-8-20-18(7-15(19)23(33)30-3-2-4-30)29-21(36-20)12-28-24(34)25(11-22(31)32)9-13-5-16(26)17(27)6-14(13)10-25;1-4(2)3/h5-8H,2-4,9-12H2,1H3,(H,28,34)(H,31,32);1-3H3. The lowest BCUT2D eigenvalue weighted by Gasteiger charge is -2.31. The van der Waals surface area contributed by atoms with Crippen molar-refractivity contribution in [3.05, 3.63) is 57.6 Å². The predicted octanol–water partition coefficient (Wildman–Crippen LogP) is 3.48. The molecule has 2 heterocycles. The van der Waals surface area contributed by atoms with Gasteiger partial charge in [-0.05, 0) is 69.7 Å². The molecule has 1 aliphatic carbocycles. The highest BCUT2D eigenvalue weighted by Gasteiger charge is 2.46. The Morgan fingerprint density at radius 2 is 1.70 bits per heavy atom. The van der Waals surface area contributed by atoms with Crippen molar-refractivity contribution in [2.75, 3.05) is 41.3 Å². The monoisotopic (exact) mass is 574 g/mol. The zero-order valence-corrected chi connectivity index (χ0v) is 23.7. The summed E-state index contributed by atoms with van der Waals surface area (Å²) in [4.78, 5) is 45.8. The average molecular weight is 575 g/mol. The third-order valence-electron chi connectivity index (χ3n) is 6.80. The number of amides is 2. The van der Waals surface area contributed by atoms with Crippen molar-refractivity contribution >= 4 is 39.3 Å². The molecule has 0 atom stereocenters. The van der Waals surface area contributed by atoms with E-state index in [1.807, 2.05) is 26.0 Å². The van der Waals surface area contributed by atoms with E-state index in [1.54, 1.807) is 17.0 Å². The average Bonchev–Trinajstić information content (AvgIpc) is 3.40. The Balaban J connectivity index is 0.000000867. The van der Waals surface area contributed by atoms with E-state index in [0.29, 0.717) is 46.1 Å². The van der Waals surface area contributed by atoms with Crippen molar-refractivity contribution in [3.8, 4) is 5.75 Å². The fourth-order valence-corrected chi connectivity index (χ4v) is 5.77. The molecule has 0 spiro atoms. The number of likely N-dealkylation sites (tertiary alicyclic amines) is 1. The van der Waals surface area contributed by atoms with Gasteiger partial charge in [0.25, 0.3) is 5.91 Å². The zero-order chi connectivity index (χ0) is 29.2. The number of rotatable bonds is 7. The van der Waals surface area contributed by atoms with Crippen LogP contribution in [0.5, 0.6) is 5.75 Å². The molecule has 1 aromatic heterocycles. The van der Waals surface area contributed by atoms with Gasteiger partial charge in [-0.3, -0.25) is 14.4 Å². The quantitative estimate of drug-likeness (QED) is 0.444. The summed E-state index contributed by atoms with van der Waals surface area (Å²) in [5.74, 6) is -3.43. The molecular formula is C28H32F2N4O5S. The summed E-state index contributed by atoms with van der Waals surface area (Å²) in [7, 11) is 7.50. The van der Waals surface area contributed by atoms with E-state index in [0.717, 1.165) is 23.3 Å². The number of fused-ring (bicyclic) bond motifs is 2. The van der Waals surface area contributed by atoms with Crippen molar-refractivity contribution in [3.63, 3.8) is 0 Å². The van der Waals surface area contributed by atoms with E-state index in [9.17, 15) is 28.3 Å². The number of halogens is 2. The van der Waals surface area contributed by atoms with E-state index in [4.69, 9.17) is 4.74 Å². The Morgan fingerprint density at radius 3 is 2.20 bits per heavy atom. The van der Waals surface area contributed by atoms with Gasteiger partial charge in [0.15, 0.2) is 11.6 Å². The number of methoxy groups -OCH3 is 1. The highest BCUT2D eigenvalue weighted by atomic mass is 32.1. The second-order valence-electron chi connectivity index (χ2n) is 10.5. The molecule has 12 heteroatoms. The van der Waals surface area contributed by atoms with Crippen LogP contribution in [0.15, 0.2) is 24.3 Å². The van der Waals surface area contributed by atoms with E-state index in [-0.39, 0.29) is 25.3 Å². The van der Waals surface area contributed by atoms with Crippen LogP contribution in [0.4, 0.5) is 8.78 Å². The van der Waals surface area contributed by atoms with E-state index in [2.05, 4.69) is 10.3 Å². The van der Waals surface area contributed by atoms with E-state index >= 15 is 0 Å². The molecule has 2 amide bonds. The summed E-state index contributed by atoms with van der Waals surface area (Å²) >= 11 is 1.32. The predicted molar refractivity (Wildman–Crippen MR) is 147 cm³/mol. The molecule has 2 N–H and O–H groups in total. The number of thiazole rings is 1. The van der Waals surface area contributed by atoms with Gasteiger partial charge < -0.3 is 25.0 Å². The summed E-state index contributed by atoms with van der Waals surface area (Å²) in [5, 5.41) is 12.8. The van der Waals surface area contributed by atoms with Crippen LogP contribution < -0.4 is 10.1 Å². The van der Waals surface area contributed by atoms with Crippen LogP contribution in [0.25, 0.3) is 10.2 Å². The third kappa shape index (κ3) is 6.23. The van der Waals surface area contributed by atoms with Crippen LogP contribution in [0.1, 0.15) is 39.3 Å². The van der Waals surface area contributed by atoms with Crippen LogP contribution >= 0.6 is 11.3 Å². The van der Waals surface area contributed by atoms with E-state index < -0.39 is 35.3 Å². The number of benzene rings is 2. The van der Waals surface area contributed by atoms with Gasteiger partial charge in [-0.15, -0.1) is 11.3 Å². The number of nitrogens with zero attached hydrogens (tertiary/aromatic N) is 3. The summed E-state index contributed by atoms with van der Waals surface area (Å²) < 4.78 is 33.7. The number of hydrogen-bond donors (Lipinski definition) is 2. The number of carboxylic acid groups (broad SMARTS) is 1. The smallest absolute Gasteiger partial charge is 0.304 e. The maximum absolute atomic E-state index is 13.7. The number of carbonyl (C=O) groups excluding carboxylic acids is 2. The van der Waals surface area contributed by atoms with Crippen LogP contribution in [0.2, 0.25) is 0 Å². The highest BCUT2D eigenvalue weighted by molar-refractivity contribution is 7.18. The van der Waals surface area contributed by atoms with Crippen molar-refractivity contribution in [1.29, 1.82) is 0 Å². The van der Waals surface area contributed by atoms with Crippen LogP contribution in [-0.2, 0) is 29.0 Å². The number of aromatic nitrogens is 1. The number of carboxylic acids is 1. The minimum atomic E-state index is -1.36. The van der Waals surface area contributed by atoms with Crippen LogP contribution in [-0.4, -0.2) is 79.0 Å². The lowest BCUT2D eigenvalue weighted by atomic mass is 9.80. The number of nitrogens with one attached hydrogen (secondary N) is 1. The number of carbonyl (C=O) groups is 3. The lowest BCUT2D eigenvalue weighted by molar-refractivity contribution is -0.145. The van der Waals surface area contributed by atoms with Gasteiger partial charge in [-0.2, -0.15) is 0 Å². The molecule has 1 fully saturated rings. The molecule has 0 unspecified atom stereocenters. The Kier molecular flexibility index (Phi) is 8.69. The molecule has 2 aliphatic rings. The number of ether oxygens (including phenoxy) is 1. The Labute approximate surface area is 234 Å². The van der Waals surface area contributed by atoms with Crippen molar-refractivity contribution in [2.45, 2.75) is 32.2 Å². The topological polar surface area (TPSA) is 112 Å². The molecule has 2 aromatic carbocycles. The Bertz CT molecular complexity index is 1420. The lowest BCUT2D eigenvalue weighted by Crippen LogP contribution is -2.43. The van der Waals surface area contributed by atoms with Gasteiger partial charge in [0.1, 0.15) is 10.8 Å². The summed E-state index contributed by atoms with van der Waals surface area (Å²) in [6.07, 6.45) is 0.484. The maximum atomic E-state index is 13.7. The molecule has 0 bridgehead atoms. The zero-order valence-electron chi connectivity index (χ0n) is 22.8. The first-order valence-electron chi connectivity index (χ1n) is 12.8. The summed E-state index contributed by atoms with van der Waals surface area (Å²) in [6.45, 7) is 1.45. The summed E-state index contributed by atoms with van der Waals surface area (Å²) in [5.41, 5.74) is 0.515. The fraction of sp³-hybridized carbons (Fsp3) is 0.429.